The van der Waals surface area contributed by atoms with Gasteiger partial charge in [0.2, 0.25) is 10.0 Å². The Kier molecular flexibility index (Phi) is 6.09. The number of carbonyl (C=O) groups is 1. The van der Waals surface area contributed by atoms with E-state index in [1.807, 2.05) is 0 Å². The van der Waals surface area contributed by atoms with Crippen molar-refractivity contribution >= 4 is 15.9 Å². The second-order valence-electron chi connectivity index (χ2n) is 6.92. The molecule has 1 saturated carbocycles. The van der Waals surface area contributed by atoms with Gasteiger partial charge in [0.1, 0.15) is 0 Å². The molecule has 25 heavy (non-hydrogen) atoms. The summed E-state index contributed by atoms with van der Waals surface area (Å²) in [6.45, 7) is 2.01. The fraction of sp³-hybridized carbons (Fsp3) is 0.611. The predicted octanol–water partition coefficient (Wildman–Crippen LogP) is 2.06. The molecule has 1 aromatic rings. The Bertz CT molecular complexity index is 693. The Hall–Kier alpha value is -1.44. The van der Waals surface area contributed by atoms with Crippen LogP contribution in [0.1, 0.15) is 48.9 Å². The molecule has 138 valence electrons. The molecular weight excluding hydrogens is 340 g/mol. The van der Waals surface area contributed by atoms with Crippen LogP contribution in [0.5, 0.6) is 0 Å². The smallest absolute Gasteiger partial charge is 0.251 e. The Morgan fingerprint density at radius 2 is 1.96 bits per heavy atom. The third-order valence-electron chi connectivity index (χ3n) is 4.89. The first-order chi connectivity index (χ1) is 12.0. The second kappa shape index (κ2) is 8.29. The lowest BCUT2D eigenvalue weighted by Gasteiger charge is -2.22. The number of hydrogen-bond donors (Lipinski definition) is 2. The second-order valence-corrected chi connectivity index (χ2v) is 8.64. The summed E-state index contributed by atoms with van der Waals surface area (Å²) >= 11 is 0. The van der Waals surface area contributed by atoms with E-state index in [1.54, 1.807) is 12.1 Å². The molecule has 0 aromatic heterocycles. The Labute approximate surface area is 149 Å². The number of amides is 1. The third kappa shape index (κ3) is 5.03. The van der Waals surface area contributed by atoms with Crippen molar-refractivity contribution in [2.45, 2.75) is 49.5 Å². The molecule has 0 radical (unpaired) electrons. The first kappa shape index (κ1) is 18.4. The molecule has 2 N–H and O–H groups in total. The van der Waals surface area contributed by atoms with E-state index in [-0.39, 0.29) is 16.8 Å². The first-order valence-electron chi connectivity index (χ1n) is 9.03. The molecule has 0 spiro atoms. The van der Waals surface area contributed by atoms with E-state index in [9.17, 15) is 13.2 Å². The molecule has 1 aliphatic heterocycles. The molecule has 3 rings (SSSR count). The van der Waals surface area contributed by atoms with Gasteiger partial charge in [-0.05, 0) is 49.8 Å². The lowest BCUT2D eigenvalue weighted by Crippen LogP contribution is -2.34. The van der Waals surface area contributed by atoms with E-state index in [0.29, 0.717) is 24.6 Å². The molecule has 0 unspecified atom stereocenters. The summed E-state index contributed by atoms with van der Waals surface area (Å²) in [5, 5.41) is 2.89. The van der Waals surface area contributed by atoms with Crippen molar-refractivity contribution in [3.8, 4) is 0 Å². The van der Waals surface area contributed by atoms with Crippen molar-refractivity contribution in [2.75, 3.05) is 19.8 Å². The highest BCUT2D eigenvalue weighted by molar-refractivity contribution is 7.89. The van der Waals surface area contributed by atoms with Gasteiger partial charge in [-0.2, -0.15) is 0 Å². The Morgan fingerprint density at radius 3 is 2.68 bits per heavy atom. The summed E-state index contributed by atoms with van der Waals surface area (Å²) in [7, 11) is -3.59. The molecule has 1 heterocycles. The predicted molar refractivity (Wildman–Crippen MR) is 94.9 cm³/mol. The molecule has 7 heteroatoms. The number of benzene rings is 1. The molecule has 1 amide bonds. The van der Waals surface area contributed by atoms with Crippen molar-refractivity contribution in [3.63, 3.8) is 0 Å². The molecule has 2 fully saturated rings. The molecule has 2 aliphatic rings. The van der Waals surface area contributed by atoms with E-state index in [1.165, 1.54) is 12.1 Å². The van der Waals surface area contributed by atoms with E-state index in [4.69, 9.17) is 4.74 Å². The van der Waals surface area contributed by atoms with Crippen LogP contribution in [0, 0.1) is 5.92 Å². The SMILES string of the molecule is O=C(NC[C@H]1CCCOC1)c1cccc(S(=O)(=O)NC2CCCC2)c1. The van der Waals surface area contributed by atoms with Crippen molar-refractivity contribution in [2.24, 2.45) is 5.92 Å². The van der Waals surface area contributed by atoms with Gasteiger partial charge < -0.3 is 10.1 Å². The van der Waals surface area contributed by atoms with Crippen LogP contribution in [0.4, 0.5) is 0 Å². The Balaban J connectivity index is 1.62. The van der Waals surface area contributed by atoms with Gasteiger partial charge >= 0.3 is 0 Å². The van der Waals surface area contributed by atoms with Crippen LogP contribution in [-0.2, 0) is 14.8 Å². The van der Waals surface area contributed by atoms with Crippen molar-refractivity contribution < 1.29 is 17.9 Å². The van der Waals surface area contributed by atoms with Gasteiger partial charge in [-0.3, -0.25) is 4.79 Å². The van der Waals surface area contributed by atoms with Gasteiger partial charge in [-0.25, -0.2) is 13.1 Å². The van der Waals surface area contributed by atoms with Gasteiger partial charge in [0.05, 0.1) is 11.5 Å². The van der Waals surface area contributed by atoms with E-state index < -0.39 is 10.0 Å². The zero-order valence-electron chi connectivity index (χ0n) is 14.4. The van der Waals surface area contributed by atoms with Crippen LogP contribution in [0.25, 0.3) is 0 Å². The third-order valence-corrected chi connectivity index (χ3v) is 6.41. The van der Waals surface area contributed by atoms with Gasteiger partial charge in [0, 0.05) is 24.8 Å². The molecule has 6 nitrogen and oxygen atoms in total. The fourth-order valence-electron chi connectivity index (χ4n) is 3.44. The van der Waals surface area contributed by atoms with E-state index in [0.717, 1.165) is 45.1 Å². The average molecular weight is 366 g/mol. The standard InChI is InChI=1S/C18H26N2O4S/c21-18(19-12-14-5-4-10-24-13-14)15-6-3-9-17(11-15)25(22,23)20-16-7-1-2-8-16/h3,6,9,11,14,16,20H,1-2,4-5,7-8,10,12-13H2,(H,19,21)/t14-/m1/s1. The highest BCUT2D eigenvalue weighted by Crippen LogP contribution is 2.21. The lowest BCUT2D eigenvalue weighted by atomic mass is 10.0. The van der Waals surface area contributed by atoms with Crippen LogP contribution >= 0.6 is 0 Å². The lowest BCUT2D eigenvalue weighted by molar-refractivity contribution is 0.0536. The largest absolute Gasteiger partial charge is 0.381 e. The van der Waals surface area contributed by atoms with Crippen LogP contribution in [0.3, 0.4) is 0 Å². The number of carbonyl (C=O) groups excluding carboxylic acids is 1. The minimum absolute atomic E-state index is 0.00813. The normalized spacial score (nSPS) is 22.0. The summed E-state index contributed by atoms with van der Waals surface area (Å²) in [6.07, 6.45) is 5.92. The minimum Gasteiger partial charge on any atom is -0.381 e. The van der Waals surface area contributed by atoms with Gasteiger partial charge in [-0.1, -0.05) is 18.9 Å². The fourth-order valence-corrected chi connectivity index (χ4v) is 4.79. The molecule has 0 bridgehead atoms. The average Bonchev–Trinajstić information content (AvgIpc) is 3.13. The summed E-state index contributed by atoms with van der Waals surface area (Å²) in [4.78, 5) is 12.5. The number of ether oxygens (including phenoxy) is 1. The quantitative estimate of drug-likeness (QED) is 0.807. The van der Waals surface area contributed by atoms with E-state index in [2.05, 4.69) is 10.0 Å². The highest BCUT2D eigenvalue weighted by Gasteiger charge is 2.23. The van der Waals surface area contributed by atoms with Crippen LogP contribution < -0.4 is 10.0 Å². The van der Waals surface area contributed by atoms with Crippen molar-refractivity contribution in [3.05, 3.63) is 29.8 Å². The maximum atomic E-state index is 12.5. The highest BCUT2D eigenvalue weighted by atomic mass is 32.2. The summed E-state index contributed by atoms with van der Waals surface area (Å²) < 4.78 is 33.2. The number of rotatable bonds is 6. The van der Waals surface area contributed by atoms with Crippen molar-refractivity contribution in [1.29, 1.82) is 0 Å². The maximum absolute atomic E-state index is 12.5. The summed E-state index contributed by atoms with van der Waals surface area (Å²) in [6, 6.07) is 6.24. The molecule has 1 aliphatic carbocycles. The summed E-state index contributed by atoms with van der Waals surface area (Å²) in [5.41, 5.74) is 0.367. The van der Waals surface area contributed by atoms with E-state index >= 15 is 0 Å². The molecule has 1 atom stereocenters. The van der Waals surface area contributed by atoms with Gasteiger partial charge in [-0.15, -0.1) is 0 Å². The van der Waals surface area contributed by atoms with Crippen LogP contribution in [0.15, 0.2) is 29.2 Å². The topological polar surface area (TPSA) is 84.5 Å². The zero-order chi connectivity index (χ0) is 17.7. The monoisotopic (exact) mass is 366 g/mol. The number of nitrogens with one attached hydrogen (secondary N) is 2. The zero-order valence-corrected chi connectivity index (χ0v) is 15.2. The summed E-state index contributed by atoms with van der Waals surface area (Å²) in [5.74, 6) is 0.0807. The molecule has 1 saturated heterocycles. The maximum Gasteiger partial charge on any atom is 0.251 e. The first-order valence-corrected chi connectivity index (χ1v) is 10.5. The van der Waals surface area contributed by atoms with Crippen LogP contribution in [-0.4, -0.2) is 40.1 Å². The molecule has 1 aromatic carbocycles. The number of hydrogen-bond acceptors (Lipinski definition) is 4. The van der Waals surface area contributed by atoms with Gasteiger partial charge in [0.25, 0.3) is 5.91 Å². The van der Waals surface area contributed by atoms with Crippen LogP contribution in [0.2, 0.25) is 0 Å². The minimum atomic E-state index is -3.59. The molecular formula is C18H26N2O4S. The number of sulfonamides is 1. The van der Waals surface area contributed by atoms with Gasteiger partial charge in [0.15, 0.2) is 0 Å². The van der Waals surface area contributed by atoms with Crippen molar-refractivity contribution in [1.82, 2.24) is 10.0 Å². The Morgan fingerprint density at radius 1 is 1.16 bits per heavy atom.